The van der Waals surface area contributed by atoms with Crippen LogP contribution in [0.5, 0.6) is 0 Å². The van der Waals surface area contributed by atoms with Crippen molar-refractivity contribution in [3.05, 3.63) is 11.7 Å². The van der Waals surface area contributed by atoms with E-state index in [-0.39, 0.29) is 0 Å². The zero-order valence-electron chi connectivity index (χ0n) is 11.9. The zero-order chi connectivity index (χ0) is 13.5. The molecule has 0 bridgehead atoms. The van der Waals surface area contributed by atoms with Crippen molar-refractivity contribution in [1.82, 2.24) is 20.4 Å². The standard InChI is InChI=1S/C13H24N4O2/c1-11-15-13(19-16-11)10-17-6-3-4-12(9-17)8-14-5-7-18-2/h12,14H,3-10H2,1-2H3. The fourth-order valence-corrected chi connectivity index (χ4v) is 2.54. The minimum atomic E-state index is 0.703. The average molecular weight is 268 g/mol. The van der Waals surface area contributed by atoms with E-state index in [1.165, 1.54) is 12.8 Å². The summed E-state index contributed by atoms with van der Waals surface area (Å²) in [6, 6.07) is 0. The van der Waals surface area contributed by atoms with Crippen molar-refractivity contribution in [3.63, 3.8) is 0 Å². The van der Waals surface area contributed by atoms with E-state index in [1.54, 1.807) is 7.11 Å². The van der Waals surface area contributed by atoms with Crippen LogP contribution in [0.25, 0.3) is 0 Å². The number of nitrogens with zero attached hydrogens (tertiary/aromatic N) is 3. The molecule has 2 heterocycles. The molecule has 1 atom stereocenters. The number of likely N-dealkylation sites (tertiary alicyclic amines) is 1. The summed E-state index contributed by atoms with van der Waals surface area (Å²) in [5.74, 6) is 2.14. The van der Waals surface area contributed by atoms with E-state index in [1.807, 2.05) is 6.92 Å². The maximum Gasteiger partial charge on any atom is 0.240 e. The molecule has 0 amide bonds. The van der Waals surface area contributed by atoms with Gasteiger partial charge < -0.3 is 14.6 Å². The Kier molecular flexibility index (Phi) is 5.75. The number of methoxy groups -OCH3 is 1. The van der Waals surface area contributed by atoms with E-state index >= 15 is 0 Å². The van der Waals surface area contributed by atoms with Gasteiger partial charge in [-0.2, -0.15) is 4.98 Å². The summed E-state index contributed by atoms with van der Waals surface area (Å²) >= 11 is 0. The van der Waals surface area contributed by atoms with Crippen LogP contribution in [-0.2, 0) is 11.3 Å². The summed E-state index contributed by atoms with van der Waals surface area (Å²) in [6.07, 6.45) is 2.53. The number of rotatable bonds is 7. The highest BCUT2D eigenvalue weighted by atomic mass is 16.5. The molecular formula is C13H24N4O2. The van der Waals surface area contributed by atoms with E-state index in [0.29, 0.717) is 11.7 Å². The van der Waals surface area contributed by atoms with Crippen LogP contribution in [0, 0.1) is 12.8 Å². The molecule has 1 aliphatic heterocycles. The van der Waals surface area contributed by atoms with Crippen molar-refractivity contribution < 1.29 is 9.26 Å². The molecule has 19 heavy (non-hydrogen) atoms. The molecule has 0 spiro atoms. The molecule has 1 saturated heterocycles. The summed E-state index contributed by atoms with van der Waals surface area (Å²) in [5.41, 5.74) is 0. The van der Waals surface area contributed by atoms with Crippen LogP contribution in [-0.4, -0.2) is 54.9 Å². The lowest BCUT2D eigenvalue weighted by Crippen LogP contribution is -2.39. The predicted octanol–water partition coefficient (Wildman–Crippen LogP) is 0.826. The minimum Gasteiger partial charge on any atom is -0.383 e. The van der Waals surface area contributed by atoms with Crippen LogP contribution in [0.1, 0.15) is 24.6 Å². The molecule has 1 unspecified atom stereocenters. The molecule has 1 aliphatic rings. The minimum absolute atomic E-state index is 0.703. The second kappa shape index (κ2) is 7.57. The third-order valence-corrected chi connectivity index (χ3v) is 3.45. The molecule has 6 nitrogen and oxygen atoms in total. The molecule has 0 radical (unpaired) electrons. The van der Waals surface area contributed by atoms with Gasteiger partial charge in [-0.15, -0.1) is 0 Å². The SMILES string of the molecule is COCCNCC1CCCN(Cc2nc(C)no2)C1. The Balaban J connectivity index is 1.71. The summed E-state index contributed by atoms with van der Waals surface area (Å²) in [4.78, 5) is 6.67. The number of ether oxygens (including phenoxy) is 1. The van der Waals surface area contributed by atoms with Gasteiger partial charge in [0.1, 0.15) is 0 Å². The first kappa shape index (κ1) is 14.4. The highest BCUT2D eigenvalue weighted by Gasteiger charge is 2.21. The fraction of sp³-hybridized carbons (Fsp3) is 0.846. The van der Waals surface area contributed by atoms with Crippen molar-refractivity contribution in [2.75, 3.05) is 39.9 Å². The van der Waals surface area contributed by atoms with Gasteiger partial charge in [0.15, 0.2) is 5.82 Å². The number of piperidine rings is 1. The van der Waals surface area contributed by atoms with E-state index in [4.69, 9.17) is 9.26 Å². The first-order valence-electron chi connectivity index (χ1n) is 6.99. The lowest BCUT2D eigenvalue weighted by atomic mass is 9.98. The third-order valence-electron chi connectivity index (χ3n) is 3.45. The second-order valence-corrected chi connectivity index (χ2v) is 5.18. The molecule has 0 aromatic carbocycles. The lowest BCUT2D eigenvalue weighted by Gasteiger charge is -2.31. The number of aromatic nitrogens is 2. The largest absolute Gasteiger partial charge is 0.383 e. The van der Waals surface area contributed by atoms with Crippen LogP contribution in [0.4, 0.5) is 0 Å². The van der Waals surface area contributed by atoms with Gasteiger partial charge in [0.2, 0.25) is 5.89 Å². The molecule has 1 aromatic rings. The van der Waals surface area contributed by atoms with E-state index in [0.717, 1.165) is 45.2 Å². The van der Waals surface area contributed by atoms with Gasteiger partial charge in [-0.1, -0.05) is 5.16 Å². The van der Waals surface area contributed by atoms with E-state index in [9.17, 15) is 0 Å². The topological polar surface area (TPSA) is 63.4 Å². The smallest absolute Gasteiger partial charge is 0.240 e. The van der Waals surface area contributed by atoms with Gasteiger partial charge in [-0.05, 0) is 38.8 Å². The number of nitrogens with one attached hydrogen (secondary N) is 1. The van der Waals surface area contributed by atoms with Gasteiger partial charge >= 0.3 is 0 Å². The Labute approximate surface area is 114 Å². The molecule has 108 valence electrons. The summed E-state index contributed by atoms with van der Waals surface area (Å²) in [7, 11) is 1.73. The van der Waals surface area contributed by atoms with Crippen LogP contribution < -0.4 is 5.32 Å². The van der Waals surface area contributed by atoms with Crippen molar-refractivity contribution in [1.29, 1.82) is 0 Å². The number of hydrogen-bond donors (Lipinski definition) is 1. The molecule has 0 saturated carbocycles. The molecule has 1 fully saturated rings. The third kappa shape index (κ3) is 4.89. The first-order chi connectivity index (χ1) is 9.28. The van der Waals surface area contributed by atoms with Crippen LogP contribution in [0.3, 0.4) is 0 Å². The monoisotopic (exact) mass is 268 g/mol. The normalized spacial score (nSPS) is 20.8. The fourth-order valence-electron chi connectivity index (χ4n) is 2.54. The highest BCUT2D eigenvalue weighted by Crippen LogP contribution is 2.17. The Morgan fingerprint density at radius 2 is 2.42 bits per heavy atom. The summed E-state index contributed by atoms with van der Waals surface area (Å²) < 4.78 is 10.2. The molecule has 6 heteroatoms. The Morgan fingerprint density at radius 3 is 3.16 bits per heavy atom. The van der Waals surface area contributed by atoms with Crippen molar-refractivity contribution in [3.8, 4) is 0 Å². The Morgan fingerprint density at radius 1 is 1.53 bits per heavy atom. The van der Waals surface area contributed by atoms with E-state index in [2.05, 4.69) is 20.4 Å². The second-order valence-electron chi connectivity index (χ2n) is 5.18. The quantitative estimate of drug-likeness (QED) is 0.739. The van der Waals surface area contributed by atoms with Gasteiger partial charge in [-0.3, -0.25) is 4.90 Å². The summed E-state index contributed by atoms with van der Waals surface area (Å²) in [6.45, 7) is 7.61. The molecule has 0 aliphatic carbocycles. The van der Waals surface area contributed by atoms with E-state index < -0.39 is 0 Å². The van der Waals surface area contributed by atoms with Crippen LogP contribution >= 0.6 is 0 Å². The Bertz CT molecular complexity index is 369. The number of aryl methyl sites for hydroxylation is 1. The van der Waals surface area contributed by atoms with Crippen LogP contribution in [0.15, 0.2) is 4.52 Å². The van der Waals surface area contributed by atoms with Gasteiger partial charge in [0.25, 0.3) is 0 Å². The van der Waals surface area contributed by atoms with Gasteiger partial charge in [-0.25, -0.2) is 0 Å². The zero-order valence-corrected chi connectivity index (χ0v) is 11.9. The lowest BCUT2D eigenvalue weighted by molar-refractivity contribution is 0.145. The van der Waals surface area contributed by atoms with Gasteiger partial charge in [0.05, 0.1) is 13.2 Å². The molecule has 2 rings (SSSR count). The maximum absolute atomic E-state index is 5.18. The number of hydrogen-bond acceptors (Lipinski definition) is 6. The predicted molar refractivity (Wildman–Crippen MR) is 71.8 cm³/mol. The first-order valence-corrected chi connectivity index (χ1v) is 6.99. The van der Waals surface area contributed by atoms with Crippen molar-refractivity contribution in [2.45, 2.75) is 26.3 Å². The molecular weight excluding hydrogens is 244 g/mol. The summed E-state index contributed by atoms with van der Waals surface area (Å²) in [5, 5.41) is 7.27. The van der Waals surface area contributed by atoms with Crippen molar-refractivity contribution >= 4 is 0 Å². The average Bonchev–Trinajstić information content (AvgIpc) is 2.81. The Hall–Kier alpha value is -0.980. The maximum atomic E-state index is 5.18. The van der Waals surface area contributed by atoms with Crippen LogP contribution in [0.2, 0.25) is 0 Å². The van der Waals surface area contributed by atoms with Crippen molar-refractivity contribution in [2.24, 2.45) is 5.92 Å². The van der Waals surface area contributed by atoms with Gasteiger partial charge in [0, 0.05) is 20.2 Å². The molecule has 1 aromatic heterocycles. The molecule has 1 N–H and O–H groups in total. The highest BCUT2D eigenvalue weighted by molar-refractivity contribution is 4.84.